The molecule has 0 saturated carbocycles. The summed E-state index contributed by atoms with van der Waals surface area (Å²) in [5, 5.41) is 0. The summed E-state index contributed by atoms with van der Waals surface area (Å²) >= 11 is 0. The maximum atomic E-state index is 12.4. The highest BCUT2D eigenvalue weighted by atomic mass is 16.6. The molecule has 0 aromatic carbocycles. The van der Waals surface area contributed by atoms with Crippen molar-refractivity contribution in [3.63, 3.8) is 0 Å². The molecule has 0 bridgehead atoms. The van der Waals surface area contributed by atoms with Gasteiger partial charge in [-0.05, 0) is 12.8 Å². The van der Waals surface area contributed by atoms with E-state index >= 15 is 0 Å². The van der Waals surface area contributed by atoms with Gasteiger partial charge in [0.1, 0.15) is 13.2 Å². The number of hydrogen-bond acceptors (Lipinski definition) is 6. The minimum atomic E-state index is -0.757. The molecule has 0 unspecified atom stereocenters. The minimum absolute atomic E-state index is 0.0740. The summed E-state index contributed by atoms with van der Waals surface area (Å²) < 4.78 is 15.9. The van der Waals surface area contributed by atoms with Crippen LogP contribution in [-0.4, -0.2) is 37.2 Å². The van der Waals surface area contributed by atoms with Gasteiger partial charge in [0.15, 0.2) is 6.10 Å². The Morgan fingerprint density at radius 1 is 0.383 bits per heavy atom. The number of ether oxygens (including phenoxy) is 3. The van der Waals surface area contributed by atoms with E-state index < -0.39 is 12.1 Å². The average Bonchev–Trinajstić information content (AvgIpc) is 3.05. The van der Waals surface area contributed by atoms with Gasteiger partial charge in [-0.3, -0.25) is 14.4 Å². The van der Waals surface area contributed by atoms with Crippen LogP contribution < -0.4 is 0 Å². The molecule has 0 saturated heterocycles. The van der Waals surface area contributed by atoms with Crippen LogP contribution in [0.4, 0.5) is 0 Å². The van der Waals surface area contributed by atoms with Crippen LogP contribution in [0.25, 0.3) is 0 Å². The van der Waals surface area contributed by atoms with E-state index in [0.717, 1.165) is 38.5 Å². The number of hydrogen-bond donors (Lipinski definition) is 0. The van der Waals surface area contributed by atoms with Crippen molar-refractivity contribution in [1.82, 2.24) is 0 Å². The van der Waals surface area contributed by atoms with E-state index in [2.05, 4.69) is 13.8 Å². The smallest absolute Gasteiger partial charge is 0.306 e. The van der Waals surface area contributed by atoms with Crippen LogP contribution in [0.2, 0.25) is 0 Å². The monoisotopic (exact) mass is 667 g/mol. The quantitative estimate of drug-likeness (QED) is 0.0373. The number of unbranched alkanes of at least 4 members (excludes halogenated alkanes) is 28. The first-order valence-corrected chi connectivity index (χ1v) is 20.5. The molecule has 278 valence electrons. The van der Waals surface area contributed by atoms with Crippen LogP contribution >= 0.6 is 0 Å². The number of carbonyl (C=O) groups excluding carboxylic acids is 3. The van der Waals surface area contributed by atoms with Gasteiger partial charge in [-0.15, -0.1) is 0 Å². The van der Waals surface area contributed by atoms with Crippen molar-refractivity contribution in [2.45, 2.75) is 232 Å². The predicted molar refractivity (Wildman–Crippen MR) is 197 cm³/mol. The van der Waals surface area contributed by atoms with Crippen molar-refractivity contribution in [1.29, 1.82) is 0 Å². The zero-order chi connectivity index (χ0) is 34.5. The van der Waals surface area contributed by atoms with E-state index in [1.54, 1.807) is 0 Å². The standard InChI is InChI=1S/C41H78O6/c1-4-6-8-10-12-14-16-18-20-22-24-26-28-30-32-34-40(43)46-37-39(36-45-38(3)42)47-41(44)35-33-31-29-27-25-23-21-19-17-15-13-11-9-7-5-2/h39H,4-37H2,1-3H3/t39-/m1/s1. The minimum Gasteiger partial charge on any atom is -0.462 e. The highest BCUT2D eigenvalue weighted by molar-refractivity contribution is 5.70. The number of esters is 3. The summed E-state index contributed by atoms with van der Waals surface area (Å²) in [4.78, 5) is 36.0. The van der Waals surface area contributed by atoms with Gasteiger partial charge in [0.2, 0.25) is 0 Å². The molecular weight excluding hydrogens is 588 g/mol. The zero-order valence-corrected chi connectivity index (χ0v) is 31.6. The SMILES string of the molecule is CCCCCCCCCCCCCCCCCC(=O)OC[C@@H](COC(C)=O)OC(=O)CCCCCCCCCCCCCCCCC. The first-order chi connectivity index (χ1) is 23.0. The van der Waals surface area contributed by atoms with Crippen LogP contribution in [0, 0.1) is 0 Å². The van der Waals surface area contributed by atoms with Gasteiger partial charge in [0.25, 0.3) is 0 Å². The predicted octanol–water partition coefficient (Wildman–Crippen LogP) is 12.5. The van der Waals surface area contributed by atoms with Crippen molar-refractivity contribution in [3.05, 3.63) is 0 Å². The molecule has 0 spiro atoms. The molecule has 0 aromatic heterocycles. The normalized spacial score (nSPS) is 11.8. The molecule has 6 heteroatoms. The highest BCUT2D eigenvalue weighted by Gasteiger charge is 2.18. The van der Waals surface area contributed by atoms with E-state index in [1.165, 1.54) is 161 Å². The first kappa shape index (κ1) is 45.4. The topological polar surface area (TPSA) is 78.9 Å². The summed E-state index contributed by atoms with van der Waals surface area (Å²) in [5.41, 5.74) is 0. The lowest BCUT2D eigenvalue weighted by Crippen LogP contribution is -2.30. The maximum Gasteiger partial charge on any atom is 0.306 e. The van der Waals surface area contributed by atoms with Crippen LogP contribution in [0.15, 0.2) is 0 Å². The number of rotatable bonds is 37. The van der Waals surface area contributed by atoms with Crippen LogP contribution in [-0.2, 0) is 28.6 Å². The van der Waals surface area contributed by atoms with E-state index in [9.17, 15) is 14.4 Å². The van der Waals surface area contributed by atoms with Gasteiger partial charge in [-0.25, -0.2) is 0 Å². The van der Waals surface area contributed by atoms with Crippen LogP contribution in [0.5, 0.6) is 0 Å². The molecule has 0 heterocycles. The Bertz CT molecular complexity index is 693. The third-order valence-corrected chi connectivity index (χ3v) is 9.17. The second-order valence-electron chi connectivity index (χ2n) is 14.0. The molecular formula is C41H78O6. The fourth-order valence-electron chi connectivity index (χ4n) is 6.11. The molecule has 0 amide bonds. The second-order valence-corrected chi connectivity index (χ2v) is 14.0. The summed E-state index contributed by atoms with van der Waals surface area (Å²) in [5.74, 6) is -1.06. The van der Waals surface area contributed by atoms with Crippen LogP contribution in [0.3, 0.4) is 0 Å². The zero-order valence-electron chi connectivity index (χ0n) is 31.6. The molecule has 1 atom stereocenters. The van der Waals surface area contributed by atoms with E-state index in [0.29, 0.717) is 12.8 Å². The average molecular weight is 667 g/mol. The lowest BCUT2D eigenvalue weighted by Gasteiger charge is -2.18. The Morgan fingerprint density at radius 3 is 0.979 bits per heavy atom. The molecule has 6 nitrogen and oxygen atoms in total. The molecule has 0 radical (unpaired) electrons. The molecule has 0 aliphatic heterocycles. The van der Waals surface area contributed by atoms with Crippen molar-refractivity contribution >= 4 is 17.9 Å². The maximum absolute atomic E-state index is 12.4. The van der Waals surface area contributed by atoms with Gasteiger partial charge < -0.3 is 14.2 Å². The van der Waals surface area contributed by atoms with Crippen molar-refractivity contribution in [3.8, 4) is 0 Å². The molecule has 0 rings (SSSR count). The molecule has 0 aliphatic carbocycles. The van der Waals surface area contributed by atoms with Gasteiger partial charge in [0, 0.05) is 19.8 Å². The van der Waals surface area contributed by atoms with Crippen molar-refractivity contribution in [2.75, 3.05) is 13.2 Å². The fraction of sp³-hybridized carbons (Fsp3) is 0.927. The van der Waals surface area contributed by atoms with E-state index in [-0.39, 0.29) is 25.2 Å². The van der Waals surface area contributed by atoms with Gasteiger partial charge in [-0.1, -0.05) is 194 Å². The second kappa shape index (κ2) is 37.2. The van der Waals surface area contributed by atoms with Crippen molar-refractivity contribution in [2.24, 2.45) is 0 Å². The summed E-state index contributed by atoms with van der Waals surface area (Å²) in [7, 11) is 0. The first-order valence-electron chi connectivity index (χ1n) is 20.5. The Morgan fingerprint density at radius 2 is 0.660 bits per heavy atom. The Labute approximate surface area is 291 Å². The highest BCUT2D eigenvalue weighted by Crippen LogP contribution is 2.16. The summed E-state index contributed by atoms with van der Waals surface area (Å²) in [6, 6.07) is 0. The van der Waals surface area contributed by atoms with Gasteiger partial charge >= 0.3 is 17.9 Å². The van der Waals surface area contributed by atoms with Gasteiger partial charge in [0.05, 0.1) is 0 Å². The molecule has 47 heavy (non-hydrogen) atoms. The van der Waals surface area contributed by atoms with Crippen molar-refractivity contribution < 1.29 is 28.6 Å². The molecule has 0 aliphatic rings. The number of carbonyl (C=O) groups is 3. The Kier molecular flexibility index (Phi) is 36.0. The fourth-order valence-corrected chi connectivity index (χ4v) is 6.11. The third kappa shape index (κ3) is 37.1. The lowest BCUT2D eigenvalue weighted by molar-refractivity contribution is -0.166. The molecule has 0 N–H and O–H groups in total. The van der Waals surface area contributed by atoms with E-state index in [1.807, 2.05) is 0 Å². The van der Waals surface area contributed by atoms with E-state index in [4.69, 9.17) is 14.2 Å². The third-order valence-electron chi connectivity index (χ3n) is 9.17. The summed E-state index contributed by atoms with van der Waals surface area (Å²) in [6.07, 6.45) is 38.3. The molecule has 0 fully saturated rings. The Balaban J connectivity index is 3.78. The summed E-state index contributed by atoms with van der Waals surface area (Å²) in [6.45, 7) is 5.69. The lowest BCUT2D eigenvalue weighted by atomic mass is 10.0. The molecule has 0 aromatic rings. The van der Waals surface area contributed by atoms with Gasteiger partial charge in [-0.2, -0.15) is 0 Å². The van der Waals surface area contributed by atoms with Crippen LogP contribution in [0.1, 0.15) is 226 Å². The largest absolute Gasteiger partial charge is 0.462 e. The Hall–Kier alpha value is -1.59.